The van der Waals surface area contributed by atoms with Gasteiger partial charge in [-0.05, 0) is 38.3 Å². The summed E-state index contributed by atoms with van der Waals surface area (Å²) in [4.78, 5) is 23.0. The van der Waals surface area contributed by atoms with Gasteiger partial charge in [0.2, 0.25) is 0 Å². The molecule has 0 fully saturated rings. The molecule has 5 nitrogen and oxygen atoms in total. The summed E-state index contributed by atoms with van der Waals surface area (Å²) in [6.07, 6.45) is 2.45. The van der Waals surface area contributed by atoms with Gasteiger partial charge in [-0.3, -0.25) is 9.59 Å². The average molecular weight is 316 g/mol. The number of unbranched alkanes of at least 4 members (excludes halogenated alkanes) is 2. The molecule has 23 heavy (non-hydrogen) atoms. The zero-order valence-corrected chi connectivity index (χ0v) is 13.8. The molecule has 0 aliphatic rings. The maximum absolute atomic E-state index is 12.5. The van der Waals surface area contributed by atoms with Gasteiger partial charge in [-0.15, -0.1) is 0 Å². The Hall–Kier alpha value is -2.30. The number of nitrogens with zero attached hydrogens (tertiary/aromatic N) is 1. The van der Waals surface area contributed by atoms with Crippen LogP contribution in [0.2, 0.25) is 0 Å². The molecule has 124 valence electrons. The normalized spacial score (nSPS) is 10.9. The number of carbonyl (C=O) groups is 2. The Morgan fingerprint density at radius 3 is 2.61 bits per heavy atom. The second-order valence-corrected chi connectivity index (χ2v) is 5.70. The topological polar surface area (TPSA) is 71.3 Å². The Labute approximate surface area is 136 Å². The summed E-state index contributed by atoms with van der Waals surface area (Å²) in [6, 6.07) is 8.05. The molecule has 1 amide bonds. The number of carboxylic acid groups (broad SMARTS) is 1. The molecule has 0 radical (unpaired) electrons. The summed E-state index contributed by atoms with van der Waals surface area (Å²) in [5.74, 6) is -0.823. The maximum Gasteiger partial charge on any atom is 0.303 e. The summed E-state index contributed by atoms with van der Waals surface area (Å²) in [7, 11) is 0. The van der Waals surface area contributed by atoms with E-state index in [2.05, 4.69) is 5.32 Å². The van der Waals surface area contributed by atoms with E-state index in [-0.39, 0.29) is 12.3 Å². The number of nitrogens with one attached hydrogen (secondary N) is 1. The second-order valence-electron chi connectivity index (χ2n) is 5.70. The summed E-state index contributed by atoms with van der Waals surface area (Å²) >= 11 is 0. The van der Waals surface area contributed by atoms with Gasteiger partial charge in [0.25, 0.3) is 5.91 Å². The Bertz CT molecular complexity index is 704. The largest absolute Gasteiger partial charge is 0.481 e. The Morgan fingerprint density at radius 2 is 1.91 bits per heavy atom. The number of para-hydroxylation sites is 1. The van der Waals surface area contributed by atoms with E-state index in [1.54, 1.807) is 0 Å². The van der Waals surface area contributed by atoms with E-state index in [0.717, 1.165) is 41.5 Å². The minimum absolute atomic E-state index is 0.0567. The minimum atomic E-state index is -0.767. The number of carbonyl (C=O) groups excluding carboxylic acids is 1. The fourth-order valence-corrected chi connectivity index (χ4v) is 2.96. The quantitative estimate of drug-likeness (QED) is 0.734. The molecule has 0 atom stereocenters. The van der Waals surface area contributed by atoms with E-state index in [1.165, 1.54) is 0 Å². The molecule has 0 unspecified atom stereocenters. The van der Waals surface area contributed by atoms with Crippen LogP contribution >= 0.6 is 0 Å². The monoisotopic (exact) mass is 316 g/mol. The maximum atomic E-state index is 12.5. The van der Waals surface area contributed by atoms with Crippen molar-refractivity contribution >= 4 is 22.8 Å². The van der Waals surface area contributed by atoms with Crippen molar-refractivity contribution in [3.63, 3.8) is 0 Å². The van der Waals surface area contributed by atoms with Crippen LogP contribution in [0, 0.1) is 6.92 Å². The number of rotatable bonds is 8. The molecule has 0 saturated heterocycles. The van der Waals surface area contributed by atoms with Crippen molar-refractivity contribution in [1.29, 1.82) is 0 Å². The number of amides is 1. The van der Waals surface area contributed by atoms with Gasteiger partial charge in [-0.25, -0.2) is 0 Å². The summed E-state index contributed by atoms with van der Waals surface area (Å²) in [5.41, 5.74) is 2.81. The van der Waals surface area contributed by atoms with Crippen LogP contribution in [0.3, 0.4) is 0 Å². The standard InChI is InChI=1S/C18H24N2O3/c1-3-20-15-10-7-6-9-14(15)13(2)17(20)18(23)19-12-8-4-5-11-16(21)22/h6-7,9-10H,3-5,8,11-12H2,1-2H3,(H,19,23)(H,21,22). The lowest BCUT2D eigenvalue weighted by Gasteiger charge is -2.09. The highest BCUT2D eigenvalue weighted by atomic mass is 16.4. The van der Waals surface area contributed by atoms with Gasteiger partial charge in [-0.1, -0.05) is 24.6 Å². The van der Waals surface area contributed by atoms with Crippen molar-refractivity contribution in [1.82, 2.24) is 9.88 Å². The van der Waals surface area contributed by atoms with Crippen LogP contribution in [0.5, 0.6) is 0 Å². The van der Waals surface area contributed by atoms with Gasteiger partial charge in [0.1, 0.15) is 5.69 Å². The third-order valence-electron chi connectivity index (χ3n) is 4.11. The van der Waals surface area contributed by atoms with Gasteiger partial charge < -0.3 is 15.0 Å². The third-order valence-corrected chi connectivity index (χ3v) is 4.11. The number of hydrogen-bond acceptors (Lipinski definition) is 2. The lowest BCUT2D eigenvalue weighted by Crippen LogP contribution is -2.27. The molecule has 1 aromatic heterocycles. The Kier molecular flexibility index (Phi) is 5.79. The first kappa shape index (κ1) is 17.1. The molecule has 2 N–H and O–H groups in total. The smallest absolute Gasteiger partial charge is 0.303 e. The van der Waals surface area contributed by atoms with Gasteiger partial charge in [0.05, 0.1) is 0 Å². The molecule has 1 aromatic carbocycles. The average Bonchev–Trinajstić information content (AvgIpc) is 2.83. The highest BCUT2D eigenvalue weighted by Gasteiger charge is 2.18. The fraction of sp³-hybridized carbons (Fsp3) is 0.444. The van der Waals surface area contributed by atoms with Crippen LogP contribution in [0.1, 0.15) is 48.7 Å². The first-order valence-corrected chi connectivity index (χ1v) is 8.14. The zero-order chi connectivity index (χ0) is 16.8. The molecule has 0 aliphatic carbocycles. The highest BCUT2D eigenvalue weighted by molar-refractivity contribution is 6.01. The van der Waals surface area contributed by atoms with E-state index in [4.69, 9.17) is 5.11 Å². The first-order valence-electron chi connectivity index (χ1n) is 8.14. The summed E-state index contributed by atoms with van der Waals surface area (Å²) in [5, 5.41) is 12.7. The van der Waals surface area contributed by atoms with E-state index in [0.29, 0.717) is 13.0 Å². The van der Waals surface area contributed by atoms with E-state index in [1.807, 2.05) is 42.7 Å². The van der Waals surface area contributed by atoms with E-state index >= 15 is 0 Å². The van der Waals surface area contributed by atoms with Gasteiger partial charge in [0, 0.05) is 30.4 Å². The number of carboxylic acids is 1. The third kappa shape index (κ3) is 3.92. The van der Waals surface area contributed by atoms with Crippen LogP contribution in [-0.4, -0.2) is 28.1 Å². The SMILES string of the molecule is CCn1c(C(=O)NCCCCCC(=O)O)c(C)c2ccccc21. The first-order chi connectivity index (χ1) is 11.1. The number of aryl methyl sites for hydroxylation is 2. The van der Waals surface area contributed by atoms with E-state index in [9.17, 15) is 9.59 Å². The summed E-state index contributed by atoms with van der Waals surface area (Å²) < 4.78 is 2.05. The summed E-state index contributed by atoms with van der Waals surface area (Å²) in [6.45, 7) is 5.34. The number of aliphatic carboxylic acids is 1. The zero-order valence-electron chi connectivity index (χ0n) is 13.8. The number of fused-ring (bicyclic) bond motifs is 1. The van der Waals surface area contributed by atoms with Crippen molar-refractivity contribution in [3.8, 4) is 0 Å². The van der Waals surface area contributed by atoms with Crippen LogP contribution in [0.25, 0.3) is 10.9 Å². The molecule has 0 saturated carbocycles. The highest BCUT2D eigenvalue weighted by Crippen LogP contribution is 2.25. The van der Waals surface area contributed by atoms with Gasteiger partial charge >= 0.3 is 5.97 Å². The number of aromatic nitrogens is 1. The lowest BCUT2D eigenvalue weighted by molar-refractivity contribution is -0.137. The predicted octanol–water partition coefficient (Wildman–Crippen LogP) is 3.34. The van der Waals surface area contributed by atoms with Crippen LogP contribution in [0.15, 0.2) is 24.3 Å². The predicted molar refractivity (Wildman–Crippen MR) is 90.8 cm³/mol. The molecule has 0 bridgehead atoms. The van der Waals surface area contributed by atoms with Crippen LogP contribution in [0.4, 0.5) is 0 Å². The Balaban J connectivity index is 2.01. The Morgan fingerprint density at radius 1 is 1.17 bits per heavy atom. The van der Waals surface area contributed by atoms with Crippen molar-refractivity contribution in [2.45, 2.75) is 46.1 Å². The molecular weight excluding hydrogens is 292 g/mol. The minimum Gasteiger partial charge on any atom is -0.481 e. The molecule has 0 aliphatic heterocycles. The molecule has 2 rings (SSSR count). The van der Waals surface area contributed by atoms with Crippen LogP contribution < -0.4 is 5.32 Å². The van der Waals surface area contributed by atoms with Crippen molar-refractivity contribution in [2.75, 3.05) is 6.54 Å². The molecular formula is C18H24N2O3. The number of hydrogen-bond donors (Lipinski definition) is 2. The van der Waals surface area contributed by atoms with E-state index < -0.39 is 5.97 Å². The van der Waals surface area contributed by atoms with Crippen molar-refractivity contribution in [2.24, 2.45) is 0 Å². The van der Waals surface area contributed by atoms with Gasteiger partial charge in [-0.2, -0.15) is 0 Å². The second kappa shape index (κ2) is 7.81. The van der Waals surface area contributed by atoms with Crippen LogP contribution in [-0.2, 0) is 11.3 Å². The lowest BCUT2D eigenvalue weighted by atomic mass is 10.1. The van der Waals surface area contributed by atoms with Gasteiger partial charge in [0.15, 0.2) is 0 Å². The molecule has 2 aromatic rings. The molecule has 0 spiro atoms. The molecule has 1 heterocycles. The number of benzene rings is 1. The molecule has 5 heteroatoms. The van der Waals surface area contributed by atoms with Crippen molar-refractivity contribution in [3.05, 3.63) is 35.5 Å². The van der Waals surface area contributed by atoms with Crippen molar-refractivity contribution < 1.29 is 14.7 Å². The fourth-order valence-electron chi connectivity index (χ4n) is 2.96.